The summed E-state index contributed by atoms with van der Waals surface area (Å²) in [6.45, 7) is 0.106. The molecule has 21 heavy (non-hydrogen) atoms. The maximum Gasteiger partial charge on any atom is 0.242 e. The maximum absolute atomic E-state index is 12.6. The Kier molecular flexibility index (Phi) is 4.23. The molecule has 0 amide bonds. The van der Waals surface area contributed by atoms with Gasteiger partial charge in [-0.3, -0.25) is 0 Å². The van der Waals surface area contributed by atoms with E-state index < -0.39 is 10.0 Å². The third-order valence-corrected chi connectivity index (χ3v) is 7.12. The first kappa shape index (κ1) is 15.6. The van der Waals surface area contributed by atoms with E-state index in [1.165, 1.54) is 18.6 Å². The average Bonchev–Trinajstić information content (AvgIpc) is 3.00. The molecular formula is C14H18Cl2N2O2S. The van der Waals surface area contributed by atoms with E-state index in [9.17, 15) is 8.42 Å². The molecule has 0 aliphatic heterocycles. The summed E-state index contributed by atoms with van der Waals surface area (Å²) >= 11 is 12.2. The lowest BCUT2D eigenvalue weighted by Gasteiger charge is -2.23. The summed E-state index contributed by atoms with van der Waals surface area (Å²) in [5.41, 5.74) is 6.06. The van der Waals surface area contributed by atoms with Gasteiger partial charge < -0.3 is 5.73 Å². The second kappa shape index (κ2) is 5.70. The minimum Gasteiger partial charge on any atom is -0.326 e. The van der Waals surface area contributed by atoms with Crippen molar-refractivity contribution in [1.82, 2.24) is 4.72 Å². The Bertz CT molecular complexity index is 663. The third-order valence-electron chi connectivity index (χ3n) is 4.69. The number of hydrogen-bond acceptors (Lipinski definition) is 3. The number of rotatable bonds is 4. The van der Waals surface area contributed by atoms with E-state index in [2.05, 4.69) is 4.72 Å². The van der Waals surface area contributed by atoms with Gasteiger partial charge in [-0.05, 0) is 43.2 Å². The van der Waals surface area contributed by atoms with Crippen LogP contribution < -0.4 is 10.5 Å². The lowest BCUT2D eigenvalue weighted by molar-refractivity contribution is 0.390. The average molecular weight is 349 g/mol. The van der Waals surface area contributed by atoms with E-state index in [0.717, 1.165) is 19.3 Å². The molecule has 2 saturated carbocycles. The predicted molar refractivity (Wildman–Crippen MR) is 83.9 cm³/mol. The molecule has 3 rings (SSSR count). The highest BCUT2D eigenvalue weighted by atomic mass is 35.5. The number of nitrogens with one attached hydrogen (secondary N) is 1. The van der Waals surface area contributed by atoms with Crippen molar-refractivity contribution in [2.45, 2.75) is 43.2 Å². The quantitative estimate of drug-likeness (QED) is 0.878. The normalized spacial score (nSPS) is 28.2. The largest absolute Gasteiger partial charge is 0.326 e. The predicted octanol–water partition coefficient (Wildman–Crippen LogP) is 2.92. The lowest BCUT2D eigenvalue weighted by atomic mass is 9.96. The molecule has 0 radical (unpaired) electrons. The summed E-state index contributed by atoms with van der Waals surface area (Å²) in [6, 6.07) is 3.01. The summed E-state index contributed by atoms with van der Waals surface area (Å²) < 4.78 is 28.0. The fourth-order valence-electron chi connectivity index (χ4n) is 3.62. The number of benzene rings is 1. The van der Waals surface area contributed by atoms with Crippen LogP contribution in [-0.2, 0) is 16.6 Å². The van der Waals surface area contributed by atoms with Crippen LogP contribution >= 0.6 is 23.2 Å². The van der Waals surface area contributed by atoms with Gasteiger partial charge in [-0.2, -0.15) is 0 Å². The van der Waals surface area contributed by atoms with Gasteiger partial charge in [-0.15, -0.1) is 0 Å². The summed E-state index contributed by atoms with van der Waals surface area (Å²) in [5.74, 6) is 1.13. The molecule has 2 aliphatic rings. The Morgan fingerprint density at radius 1 is 1.24 bits per heavy atom. The number of halogens is 2. The van der Waals surface area contributed by atoms with Gasteiger partial charge >= 0.3 is 0 Å². The fourth-order valence-corrected chi connectivity index (χ4v) is 5.87. The molecule has 7 heteroatoms. The van der Waals surface area contributed by atoms with Crippen LogP contribution in [0.1, 0.15) is 31.2 Å². The number of nitrogens with two attached hydrogens (primary N) is 1. The van der Waals surface area contributed by atoms with Crippen LogP contribution in [0.5, 0.6) is 0 Å². The van der Waals surface area contributed by atoms with E-state index >= 15 is 0 Å². The summed E-state index contributed by atoms with van der Waals surface area (Å²) in [7, 11) is -3.64. The van der Waals surface area contributed by atoms with Crippen LogP contribution in [-0.4, -0.2) is 14.5 Å². The molecule has 0 spiro atoms. The van der Waals surface area contributed by atoms with Crippen LogP contribution in [0.3, 0.4) is 0 Å². The number of hydrogen-bond donors (Lipinski definition) is 2. The van der Waals surface area contributed by atoms with E-state index in [4.69, 9.17) is 28.9 Å². The molecule has 2 aliphatic carbocycles. The first-order chi connectivity index (χ1) is 9.92. The smallest absolute Gasteiger partial charge is 0.242 e. The molecule has 4 nitrogen and oxygen atoms in total. The van der Waals surface area contributed by atoms with Crippen molar-refractivity contribution >= 4 is 33.2 Å². The van der Waals surface area contributed by atoms with E-state index in [1.54, 1.807) is 0 Å². The Morgan fingerprint density at radius 3 is 2.57 bits per heavy atom. The van der Waals surface area contributed by atoms with Crippen molar-refractivity contribution in [2.24, 2.45) is 17.6 Å². The second-order valence-electron chi connectivity index (χ2n) is 5.94. The fraction of sp³-hybridized carbons (Fsp3) is 0.571. The minimum absolute atomic E-state index is 0.0295. The Hall–Kier alpha value is -0.330. The Labute approximate surface area is 135 Å². The molecule has 3 unspecified atom stereocenters. The molecule has 1 aromatic carbocycles. The van der Waals surface area contributed by atoms with Crippen LogP contribution in [0, 0.1) is 11.8 Å². The molecule has 116 valence electrons. The highest BCUT2D eigenvalue weighted by Crippen LogP contribution is 2.45. The van der Waals surface area contributed by atoms with Crippen molar-refractivity contribution in [2.75, 3.05) is 0 Å². The van der Waals surface area contributed by atoms with Crippen LogP contribution in [0.4, 0.5) is 0 Å². The molecule has 2 fully saturated rings. The standard InChI is InChI=1S/C14H18Cl2N2O2S/c15-11-3-4-13(14(16)10(11)7-17)21(19,20)18-12-6-8-1-2-9(12)5-8/h3-4,8-9,12,18H,1-2,5-7,17H2. The zero-order valence-corrected chi connectivity index (χ0v) is 13.8. The SMILES string of the molecule is NCc1c(Cl)ccc(S(=O)(=O)NC2CC3CCC2C3)c1Cl. The van der Waals surface area contributed by atoms with Gasteiger partial charge in [0.15, 0.2) is 0 Å². The van der Waals surface area contributed by atoms with Crippen LogP contribution in [0.25, 0.3) is 0 Å². The zero-order valence-electron chi connectivity index (χ0n) is 11.5. The van der Waals surface area contributed by atoms with Gasteiger partial charge in [0, 0.05) is 23.2 Å². The molecule has 0 aromatic heterocycles. The van der Waals surface area contributed by atoms with Crippen molar-refractivity contribution in [3.63, 3.8) is 0 Å². The van der Waals surface area contributed by atoms with Gasteiger partial charge in [0.1, 0.15) is 4.90 Å². The van der Waals surface area contributed by atoms with E-state index in [0.29, 0.717) is 22.4 Å². The minimum atomic E-state index is -3.64. The molecule has 3 N–H and O–H groups in total. The summed E-state index contributed by atoms with van der Waals surface area (Å²) in [4.78, 5) is 0.0665. The van der Waals surface area contributed by atoms with Crippen molar-refractivity contribution in [1.29, 1.82) is 0 Å². The third kappa shape index (κ3) is 2.82. The zero-order chi connectivity index (χ0) is 15.2. The maximum atomic E-state index is 12.6. The highest BCUT2D eigenvalue weighted by molar-refractivity contribution is 7.89. The first-order valence-electron chi connectivity index (χ1n) is 7.11. The molecule has 1 aromatic rings. The Morgan fingerprint density at radius 2 is 2.00 bits per heavy atom. The van der Waals surface area contributed by atoms with Crippen molar-refractivity contribution in [3.05, 3.63) is 27.7 Å². The molecular weight excluding hydrogens is 331 g/mol. The Balaban J connectivity index is 1.88. The molecule has 0 saturated heterocycles. The second-order valence-corrected chi connectivity index (χ2v) is 8.41. The first-order valence-corrected chi connectivity index (χ1v) is 9.35. The molecule has 2 bridgehead atoms. The van der Waals surface area contributed by atoms with Crippen molar-refractivity contribution < 1.29 is 8.42 Å². The topological polar surface area (TPSA) is 72.2 Å². The van der Waals surface area contributed by atoms with Crippen molar-refractivity contribution in [3.8, 4) is 0 Å². The lowest BCUT2D eigenvalue weighted by Crippen LogP contribution is -2.38. The number of sulfonamides is 1. The van der Waals surface area contributed by atoms with Gasteiger partial charge in [0.05, 0.1) is 5.02 Å². The highest BCUT2D eigenvalue weighted by Gasteiger charge is 2.41. The monoisotopic (exact) mass is 348 g/mol. The summed E-state index contributed by atoms with van der Waals surface area (Å²) in [5, 5.41) is 0.516. The van der Waals surface area contributed by atoms with Crippen LogP contribution in [0.2, 0.25) is 10.0 Å². The number of fused-ring (bicyclic) bond motifs is 2. The van der Waals surface area contributed by atoms with Crippen LogP contribution in [0.15, 0.2) is 17.0 Å². The van der Waals surface area contributed by atoms with E-state index in [-0.39, 0.29) is 22.5 Å². The molecule has 0 heterocycles. The molecule has 3 atom stereocenters. The van der Waals surface area contributed by atoms with Gasteiger partial charge in [0.25, 0.3) is 0 Å². The van der Waals surface area contributed by atoms with E-state index in [1.807, 2.05) is 0 Å². The van der Waals surface area contributed by atoms with Gasteiger partial charge in [-0.25, -0.2) is 13.1 Å². The summed E-state index contributed by atoms with van der Waals surface area (Å²) in [6.07, 6.45) is 4.40. The van der Waals surface area contributed by atoms with Gasteiger partial charge in [0.2, 0.25) is 10.0 Å². The van der Waals surface area contributed by atoms with Gasteiger partial charge in [-0.1, -0.05) is 29.6 Å².